The van der Waals surface area contributed by atoms with Crippen LogP contribution in [0.4, 0.5) is 0 Å². The number of aryl methyl sites for hydroxylation is 1. The molecule has 1 unspecified atom stereocenters. The van der Waals surface area contributed by atoms with Gasteiger partial charge >= 0.3 is 5.97 Å². The van der Waals surface area contributed by atoms with E-state index in [-0.39, 0.29) is 5.69 Å². The Hall–Kier alpha value is -1.36. The molecule has 1 aromatic heterocycles. The molecule has 2 heterocycles. The Labute approximate surface area is 114 Å². The van der Waals surface area contributed by atoms with Crippen molar-refractivity contribution in [3.63, 3.8) is 0 Å². The molecule has 1 atom stereocenters. The maximum absolute atomic E-state index is 11.2. The van der Waals surface area contributed by atoms with Crippen LogP contribution >= 0.6 is 0 Å². The molecule has 1 aliphatic heterocycles. The summed E-state index contributed by atoms with van der Waals surface area (Å²) < 4.78 is 2.08. The number of rotatable bonds is 5. The first-order chi connectivity index (χ1) is 9.04. The predicted molar refractivity (Wildman–Crippen MR) is 73.6 cm³/mol. The molecule has 0 radical (unpaired) electrons. The van der Waals surface area contributed by atoms with Crippen LogP contribution in [0.5, 0.6) is 0 Å². The number of hydrogen-bond acceptors (Lipinski definition) is 3. The van der Waals surface area contributed by atoms with Gasteiger partial charge in [0, 0.05) is 12.6 Å². The SMILES string of the molecule is CCCCN(C)C1CCc2c(C(=O)O)nc(C)n2C1. The van der Waals surface area contributed by atoms with Gasteiger partial charge in [0.25, 0.3) is 0 Å². The lowest BCUT2D eigenvalue weighted by Gasteiger charge is -2.32. The first-order valence-electron chi connectivity index (χ1n) is 7.04. The highest BCUT2D eigenvalue weighted by Crippen LogP contribution is 2.23. The highest BCUT2D eigenvalue weighted by molar-refractivity contribution is 5.86. The molecule has 1 aromatic rings. The van der Waals surface area contributed by atoms with Crippen molar-refractivity contribution < 1.29 is 9.90 Å². The van der Waals surface area contributed by atoms with Gasteiger partial charge in [0.1, 0.15) is 5.82 Å². The number of imidazole rings is 1. The van der Waals surface area contributed by atoms with Crippen LogP contribution in [0, 0.1) is 6.92 Å². The lowest BCUT2D eigenvalue weighted by Crippen LogP contribution is -2.39. The van der Waals surface area contributed by atoms with Gasteiger partial charge < -0.3 is 14.6 Å². The van der Waals surface area contributed by atoms with E-state index in [1.54, 1.807) is 0 Å². The van der Waals surface area contributed by atoms with Crippen molar-refractivity contribution >= 4 is 5.97 Å². The summed E-state index contributed by atoms with van der Waals surface area (Å²) in [6, 6.07) is 0.494. The Bertz CT molecular complexity index is 468. The van der Waals surface area contributed by atoms with Gasteiger partial charge in [-0.1, -0.05) is 13.3 Å². The Morgan fingerprint density at radius 1 is 1.58 bits per heavy atom. The second-order valence-electron chi connectivity index (χ2n) is 5.40. The molecule has 0 fully saturated rings. The van der Waals surface area contributed by atoms with Gasteiger partial charge in [-0.15, -0.1) is 0 Å². The summed E-state index contributed by atoms with van der Waals surface area (Å²) in [7, 11) is 2.16. The lowest BCUT2D eigenvalue weighted by molar-refractivity contribution is 0.0688. The second kappa shape index (κ2) is 5.74. The van der Waals surface area contributed by atoms with Gasteiger partial charge in [0.05, 0.1) is 5.69 Å². The summed E-state index contributed by atoms with van der Waals surface area (Å²) >= 11 is 0. The molecule has 0 spiro atoms. The van der Waals surface area contributed by atoms with Crippen LogP contribution in [0.25, 0.3) is 0 Å². The second-order valence-corrected chi connectivity index (χ2v) is 5.40. The highest BCUT2D eigenvalue weighted by Gasteiger charge is 2.28. The number of unbranched alkanes of at least 4 members (excludes halogenated alkanes) is 1. The molecule has 0 bridgehead atoms. The third-order valence-electron chi connectivity index (χ3n) is 4.06. The van der Waals surface area contributed by atoms with E-state index in [1.807, 2.05) is 6.92 Å². The molecule has 5 heteroatoms. The zero-order valence-electron chi connectivity index (χ0n) is 12.0. The Morgan fingerprint density at radius 3 is 2.95 bits per heavy atom. The van der Waals surface area contributed by atoms with Gasteiger partial charge in [0.15, 0.2) is 5.69 Å². The van der Waals surface area contributed by atoms with Crippen molar-refractivity contribution in [3.8, 4) is 0 Å². The van der Waals surface area contributed by atoms with E-state index < -0.39 is 5.97 Å². The molecule has 1 aliphatic rings. The Kier molecular flexibility index (Phi) is 4.24. The van der Waals surface area contributed by atoms with Crippen molar-refractivity contribution in [1.29, 1.82) is 0 Å². The first kappa shape index (κ1) is 14.1. The monoisotopic (exact) mass is 265 g/mol. The maximum Gasteiger partial charge on any atom is 0.356 e. The number of carboxylic acid groups (broad SMARTS) is 1. The zero-order chi connectivity index (χ0) is 14.0. The number of aromatic nitrogens is 2. The third-order valence-corrected chi connectivity index (χ3v) is 4.06. The first-order valence-corrected chi connectivity index (χ1v) is 7.04. The number of nitrogens with zero attached hydrogens (tertiary/aromatic N) is 3. The van der Waals surface area contributed by atoms with Crippen LogP contribution in [-0.2, 0) is 13.0 Å². The number of likely N-dealkylation sites (N-methyl/N-ethyl adjacent to an activating group) is 1. The number of carbonyl (C=O) groups is 1. The molecular weight excluding hydrogens is 242 g/mol. The molecule has 1 N–H and O–H groups in total. The molecule has 19 heavy (non-hydrogen) atoms. The van der Waals surface area contributed by atoms with Gasteiger partial charge in [-0.3, -0.25) is 0 Å². The number of hydrogen-bond donors (Lipinski definition) is 1. The minimum absolute atomic E-state index is 0.243. The smallest absolute Gasteiger partial charge is 0.356 e. The average Bonchev–Trinajstić information content (AvgIpc) is 2.73. The zero-order valence-corrected chi connectivity index (χ0v) is 12.0. The predicted octanol–water partition coefficient (Wildman–Crippen LogP) is 1.94. The standard InChI is InChI=1S/C14H23N3O2/c1-4-5-8-16(3)11-6-7-12-13(14(18)19)15-10(2)17(12)9-11/h11H,4-9H2,1-3H3,(H,18,19). The summed E-state index contributed by atoms with van der Waals surface area (Å²) in [5.74, 6) is -0.0874. The fraction of sp³-hybridized carbons (Fsp3) is 0.714. The summed E-state index contributed by atoms with van der Waals surface area (Å²) in [4.78, 5) is 17.7. The lowest BCUT2D eigenvalue weighted by atomic mass is 10.0. The third kappa shape index (κ3) is 2.81. The molecule has 0 saturated carbocycles. The Balaban J connectivity index is 2.14. The highest BCUT2D eigenvalue weighted by atomic mass is 16.4. The van der Waals surface area contributed by atoms with Gasteiger partial charge in [-0.2, -0.15) is 0 Å². The normalized spacial score (nSPS) is 18.6. The minimum atomic E-state index is -0.908. The summed E-state index contributed by atoms with van der Waals surface area (Å²) in [6.07, 6.45) is 4.24. The molecule has 5 nitrogen and oxygen atoms in total. The minimum Gasteiger partial charge on any atom is -0.476 e. The van der Waals surface area contributed by atoms with E-state index in [9.17, 15) is 4.79 Å². The summed E-state index contributed by atoms with van der Waals surface area (Å²) in [5, 5.41) is 9.16. The van der Waals surface area contributed by atoms with Crippen molar-refractivity contribution in [2.75, 3.05) is 13.6 Å². The van der Waals surface area contributed by atoms with Gasteiger partial charge in [-0.25, -0.2) is 9.78 Å². The van der Waals surface area contributed by atoms with E-state index in [1.165, 1.54) is 12.8 Å². The van der Waals surface area contributed by atoms with E-state index in [2.05, 4.69) is 28.4 Å². The summed E-state index contributed by atoms with van der Waals surface area (Å²) in [6.45, 7) is 6.06. The van der Waals surface area contributed by atoms with Crippen molar-refractivity contribution in [2.24, 2.45) is 0 Å². The van der Waals surface area contributed by atoms with Crippen LogP contribution in [0.1, 0.15) is 48.2 Å². The van der Waals surface area contributed by atoms with E-state index in [4.69, 9.17) is 5.11 Å². The molecule has 2 rings (SSSR count). The quantitative estimate of drug-likeness (QED) is 0.884. The molecular formula is C14H23N3O2. The van der Waals surface area contributed by atoms with Gasteiger partial charge in [0.2, 0.25) is 0 Å². The fourth-order valence-electron chi connectivity index (χ4n) is 2.83. The maximum atomic E-state index is 11.2. The summed E-state index contributed by atoms with van der Waals surface area (Å²) in [5.41, 5.74) is 1.14. The van der Waals surface area contributed by atoms with Crippen LogP contribution in [0.15, 0.2) is 0 Å². The van der Waals surface area contributed by atoms with Crippen molar-refractivity contribution in [2.45, 2.75) is 52.1 Å². The largest absolute Gasteiger partial charge is 0.476 e. The van der Waals surface area contributed by atoms with Crippen molar-refractivity contribution in [3.05, 3.63) is 17.2 Å². The number of carboxylic acids is 1. The van der Waals surface area contributed by atoms with E-state index in [0.29, 0.717) is 6.04 Å². The van der Waals surface area contributed by atoms with Crippen LogP contribution in [0.3, 0.4) is 0 Å². The van der Waals surface area contributed by atoms with Crippen molar-refractivity contribution in [1.82, 2.24) is 14.5 Å². The van der Waals surface area contributed by atoms with Crippen LogP contribution in [-0.4, -0.2) is 45.2 Å². The Morgan fingerprint density at radius 2 is 2.32 bits per heavy atom. The molecule has 0 aromatic carbocycles. The van der Waals surface area contributed by atoms with E-state index in [0.717, 1.165) is 37.4 Å². The average molecular weight is 265 g/mol. The number of aromatic carboxylic acids is 1. The van der Waals surface area contributed by atoms with Crippen LogP contribution < -0.4 is 0 Å². The molecule has 106 valence electrons. The van der Waals surface area contributed by atoms with E-state index >= 15 is 0 Å². The topological polar surface area (TPSA) is 58.4 Å². The molecule has 0 amide bonds. The number of fused-ring (bicyclic) bond motifs is 1. The van der Waals surface area contributed by atoms with Crippen LogP contribution in [0.2, 0.25) is 0 Å². The van der Waals surface area contributed by atoms with Gasteiger partial charge in [-0.05, 0) is 39.8 Å². The fourth-order valence-corrected chi connectivity index (χ4v) is 2.83. The molecule has 0 aliphatic carbocycles. The molecule has 0 saturated heterocycles.